The number of nitrogens with one attached hydrogen (secondary N) is 2. The second kappa shape index (κ2) is 4.58. The molecule has 0 spiro atoms. The Morgan fingerprint density at radius 3 is 2.79 bits per heavy atom. The number of benzene rings is 1. The van der Waals surface area contributed by atoms with Crippen LogP contribution in [0.3, 0.4) is 0 Å². The van der Waals surface area contributed by atoms with Gasteiger partial charge in [0.15, 0.2) is 10.8 Å². The lowest BCUT2D eigenvalue weighted by atomic mass is 10.2. The molecule has 2 heterocycles. The molecule has 0 aliphatic carbocycles. The molecule has 3 rings (SSSR count). The van der Waals surface area contributed by atoms with Crippen LogP contribution in [0.25, 0.3) is 10.9 Å². The van der Waals surface area contributed by atoms with Gasteiger partial charge in [-0.15, -0.1) is 10.2 Å². The Bertz CT molecular complexity index is 794. The fourth-order valence-corrected chi connectivity index (χ4v) is 1.82. The number of rotatable bonds is 2. The third kappa shape index (κ3) is 2.20. The smallest absolute Gasteiger partial charge is 0.259 e. The molecule has 0 amide bonds. The monoisotopic (exact) mass is 272 g/mol. The van der Waals surface area contributed by atoms with Crippen LogP contribution in [-0.2, 0) is 0 Å². The molecule has 0 aliphatic rings. The van der Waals surface area contributed by atoms with Crippen molar-refractivity contribution in [3.8, 4) is 0 Å². The zero-order chi connectivity index (χ0) is 13.2. The van der Waals surface area contributed by atoms with Crippen LogP contribution in [0.4, 0.5) is 0 Å². The van der Waals surface area contributed by atoms with Crippen LogP contribution in [0, 0.1) is 0 Å². The summed E-state index contributed by atoms with van der Waals surface area (Å²) in [5.41, 5.74) is 3.18. The van der Waals surface area contributed by atoms with Gasteiger partial charge in [0, 0.05) is 0 Å². The first-order valence-corrected chi connectivity index (χ1v) is 5.80. The van der Waals surface area contributed by atoms with Crippen molar-refractivity contribution in [2.45, 2.75) is 0 Å². The minimum atomic E-state index is -0.228. The lowest BCUT2D eigenvalue weighted by Crippen LogP contribution is -2.25. The van der Waals surface area contributed by atoms with Crippen LogP contribution in [0.15, 0.2) is 41.7 Å². The highest BCUT2D eigenvalue weighted by Crippen LogP contribution is 2.05. The highest BCUT2D eigenvalue weighted by atomic mass is 32.1. The first-order valence-electron chi connectivity index (χ1n) is 5.39. The summed E-state index contributed by atoms with van der Waals surface area (Å²) < 4.78 is 1.47. The Labute approximate surface area is 112 Å². The lowest BCUT2D eigenvalue weighted by molar-refractivity contribution is 0.967. The molecule has 0 bridgehead atoms. The average Bonchev–Trinajstić information content (AvgIpc) is 2.91. The normalized spacial score (nSPS) is 10.5. The SMILES string of the molecule is O=c1[nH]c(C(=S)Nn2cnnc2)nc2ccccc12. The number of hydrogen-bond acceptors (Lipinski definition) is 5. The first kappa shape index (κ1) is 11.5. The van der Waals surface area contributed by atoms with Crippen LogP contribution in [-0.4, -0.2) is 29.8 Å². The summed E-state index contributed by atoms with van der Waals surface area (Å²) in [6.07, 6.45) is 2.90. The summed E-state index contributed by atoms with van der Waals surface area (Å²) in [7, 11) is 0. The Kier molecular flexibility index (Phi) is 2.76. The van der Waals surface area contributed by atoms with Crippen LogP contribution >= 0.6 is 12.2 Å². The molecule has 1 aromatic carbocycles. The second-order valence-corrected chi connectivity index (χ2v) is 4.15. The summed E-state index contributed by atoms with van der Waals surface area (Å²) in [5.74, 6) is 0.299. The molecule has 94 valence electrons. The molecule has 0 unspecified atom stereocenters. The molecule has 3 aromatic rings. The number of aromatic nitrogens is 5. The predicted octanol–water partition coefficient (Wildman–Crippen LogP) is 0.434. The first-order chi connectivity index (χ1) is 9.24. The van der Waals surface area contributed by atoms with Gasteiger partial charge in [0.05, 0.1) is 10.9 Å². The molecule has 8 heteroatoms. The summed E-state index contributed by atoms with van der Waals surface area (Å²) >= 11 is 5.17. The molecule has 2 N–H and O–H groups in total. The average molecular weight is 272 g/mol. The van der Waals surface area contributed by atoms with Crippen LogP contribution in [0.1, 0.15) is 5.82 Å². The second-order valence-electron chi connectivity index (χ2n) is 3.74. The van der Waals surface area contributed by atoms with Crippen molar-refractivity contribution < 1.29 is 0 Å². The summed E-state index contributed by atoms with van der Waals surface area (Å²) in [5, 5.41) is 7.80. The molecule has 0 saturated carbocycles. The van der Waals surface area contributed by atoms with E-state index in [4.69, 9.17) is 12.2 Å². The van der Waals surface area contributed by atoms with Crippen LogP contribution < -0.4 is 11.0 Å². The summed E-state index contributed by atoms with van der Waals surface area (Å²) in [4.78, 5) is 19.1. The molecule has 0 fully saturated rings. The van der Waals surface area contributed by atoms with Gasteiger partial charge >= 0.3 is 0 Å². The van der Waals surface area contributed by atoms with E-state index >= 15 is 0 Å². The Balaban J connectivity index is 2.01. The quantitative estimate of drug-likeness (QED) is 0.658. The number of nitrogens with zero attached hydrogens (tertiary/aromatic N) is 4. The Hall–Kier alpha value is -2.61. The number of thiocarbonyl (C=S) groups is 1. The van der Waals surface area contributed by atoms with Crippen molar-refractivity contribution in [2.75, 3.05) is 5.43 Å². The van der Waals surface area contributed by atoms with Gasteiger partial charge in [-0.2, -0.15) is 0 Å². The van der Waals surface area contributed by atoms with Gasteiger partial charge in [0.2, 0.25) is 0 Å². The third-order valence-electron chi connectivity index (χ3n) is 2.48. The Morgan fingerprint density at radius 2 is 2.00 bits per heavy atom. The molecule has 0 saturated heterocycles. The van der Waals surface area contributed by atoms with Gasteiger partial charge in [-0.3, -0.25) is 10.2 Å². The van der Waals surface area contributed by atoms with E-state index in [2.05, 4.69) is 25.6 Å². The lowest BCUT2D eigenvalue weighted by Gasteiger charge is -2.07. The van der Waals surface area contributed by atoms with E-state index in [-0.39, 0.29) is 10.5 Å². The van der Waals surface area contributed by atoms with Crippen molar-refractivity contribution in [3.05, 3.63) is 53.1 Å². The molecule has 0 radical (unpaired) electrons. The number of para-hydroxylation sites is 1. The van der Waals surface area contributed by atoms with E-state index in [1.807, 2.05) is 6.07 Å². The minimum Gasteiger partial charge on any atom is -0.304 e. The standard InChI is InChI=1S/C11H8N6OS/c18-10-7-3-1-2-4-8(7)14-9(15-10)11(19)16-17-5-12-13-6-17/h1-6H,(H,16,19)(H,14,15,18). The van der Waals surface area contributed by atoms with Gasteiger partial charge in [-0.1, -0.05) is 24.4 Å². The van der Waals surface area contributed by atoms with E-state index in [0.29, 0.717) is 16.7 Å². The van der Waals surface area contributed by atoms with Gasteiger partial charge in [0.25, 0.3) is 5.56 Å². The molecular weight excluding hydrogens is 264 g/mol. The van der Waals surface area contributed by atoms with E-state index in [1.54, 1.807) is 18.2 Å². The number of H-pyrrole nitrogens is 1. The van der Waals surface area contributed by atoms with E-state index in [1.165, 1.54) is 17.3 Å². The molecule has 0 atom stereocenters. The summed E-state index contributed by atoms with van der Waals surface area (Å²) in [6, 6.07) is 7.07. The zero-order valence-corrected chi connectivity index (χ0v) is 10.4. The van der Waals surface area contributed by atoms with Crippen LogP contribution in [0.5, 0.6) is 0 Å². The molecule has 0 aliphatic heterocycles. The van der Waals surface area contributed by atoms with Crippen molar-refractivity contribution >= 4 is 28.1 Å². The molecular formula is C11H8N6OS. The van der Waals surface area contributed by atoms with Gasteiger partial charge < -0.3 is 4.98 Å². The van der Waals surface area contributed by atoms with Crippen LogP contribution in [0.2, 0.25) is 0 Å². The Morgan fingerprint density at radius 1 is 1.26 bits per heavy atom. The van der Waals surface area contributed by atoms with Gasteiger partial charge in [-0.25, -0.2) is 9.66 Å². The zero-order valence-electron chi connectivity index (χ0n) is 9.57. The highest BCUT2D eigenvalue weighted by Gasteiger charge is 2.07. The van der Waals surface area contributed by atoms with E-state index in [9.17, 15) is 4.79 Å². The fourth-order valence-electron chi connectivity index (χ4n) is 1.62. The number of aromatic amines is 1. The van der Waals surface area contributed by atoms with E-state index in [0.717, 1.165) is 0 Å². The maximum absolute atomic E-state index is 11.9. The van der Waals surface area contributed by atoms with Crippen molar-refractivity contribution in [1.82, 2.24) is 24.8 Å². The maximum atomic E-state index is 11.9. The molecule has 19 heavy (non-hydrogen) atoms. The number of hydrogen-bond donors (Lipinski definition) is 2. The van der Waals surface area contributed by atoms with Crippen molar-refractivity contribution in [2.24, 2.45) is 0 Å². The molecule has 7 nitrogen and oxygen atoms in total. The van der Waals surface area contributed by atoms with Gasteiger partial charge in [-0.05, 0) is 12.1 Å². The topological polar surface area (TPSA) is 88.5 Å². The third-order valence-corrected chi connectivity index (χ3v) is 2.76. The van der Waals surface area contributed by atoms with Gasteiger partial charge in [0.1, 0.15) is 12.7 Å². The largest absolute Gasteiger partial charge is 0.304 e. The maximum Gasteiger partial charge on any atom is 0.259 e. The summed E-state index contributed by atoms with van der Waals surface area (Å²) in [6.45, 7) is 0. The van der Waals surface area contributed by atoms with Crippen molar-refractivity contribution in [1.29, 1.82) is 0 Å². The molecule has 2 aromatic heterocycles. The van der Waals surface area contributed by atoms with Crippen molar-refractivity contribution in [3.63, 3.8) is 0 Å². The van der Waals surface area contributed by atoms with E-state index < -0.39 is 0 Å². The minimum absolute atomic E-state index is 0.228. The fraction of sp³-hybridized carbons (Fsp3) is 0. The highest BCUT2D eigenvalue weighted by molar-refractivity contribution is 7.81. The number of fused-ring (bicyclic) bond motifs is 1. The predicted molar refractivity (Wildman–Crippen MR) is 73.4 cm³/mol.